The Bertz CT molecular complexity index is 2410. The van der Waals surface area contributed by atoms with Crippen molar-refractivity contribution in [3.63, 3.8) is 0 Å². The molecule has 0 saturated carbocycles. The van der Waals surface area contributed by atoms with E-state index in [4.69, 9.17) is 4.99 Å². The minimum Gasteiger partial charge on any atom is -0.343 e. The summed E-state index contributed by atoms with van der Waals surface area (Å²) in [5, 5.41) is 2.53. The van der Waals surface area contributed by atoms with Crippen molar-refractivity contribution in [2.24, 2.45) is 26.1 Å². The van der Waals surface area contributed by atoms with Gasteiger partial charge >= 0.3 is 5.82 Å². The van der Waals surface area contributed by atoms with Crippen molar-refractivity contribution in [2.45, 2.75) is 41.5 Å². The van der Waals surface area contributed by atoms with Crippen LogP contribution in [0.25, 0.3) is 55.3 Å². The number of hydrogen-bond acceptors (Lipinski definition) is 1. The van der Waals surface area contributed by atoms with Crippen LogP contribution in [0.4, 0.5) is 5.82 Å². The summed E-state index contributed by atoms with van der Waals surface area (Å²) in [4.78, 5) is 5.08. The van der Waals surface area contributed by atoms with Gasteiger partial charge in [0.25, 0.3) is 0 Å². The van der Waals surface area contributed by atoms with Crippen LogP contribution in [0, 0.1) is 41.5 Å². The molecule has 7 aromatic rings. The molecule has 0 atom stereocenters. The lowest BCUT2D eigenvalue weighted by molar-refractivity contribution is -0.647. The highest BCUT2D eigenvalue weighted by atomic mass is 15.1. The molecule has 47 heavy (non-hydrogen) atoms. The van der Waals surface area contributed by atoms with Gasteiger partial charge in [0.2, 0.25) is 5.49 Å². The van der Waals surface area contributed by atoms with E-state index in [2.05, 4.69) is 138 Å². The van der Waals surface area contributed by atoms with Crippen molar-refractivity contribution in [1.29, 1.82) is 0 Å². The maximum absolute atomic E-state index is 5.08. The first kappa shape index (κ1) is 30.4. The Morgan fingerprint density at radius 1 is 0.596 bits per heavy atom. The van der Waals surface area contributed by atoms with Crippen LogP contribution in [-0.2, 0) is 21.1 Å². The fourth-order valence-corrected chi connectivity index (χ4v) is 7.83. The Morgan fingerprint density at radius 3 is 1.85 bits per heavy atom. The van der Waals surface area contributed by atoms with Gasteiger partial charge in [0.1, 0.15) is 5.69 Å². The van der Waals surface area contributed by atoms with E-state index >= 15 is 0 Å². The predicted molar refractivity (Wildman–Crippen MR) is 197 cm³/mol. The summed E-state index contributed by atoms with van der Waals surface area (Å²) >= 11 is 0. The molecule has 234 valence electrons. The molecular formula is C43H43N4+. The Kier molecular flexibility index (Phi) is 7.47. The van der Waals surface area contributed by atoms with E-state index in [1.807, 2.05) is 36.0 Å². The largest absolute Gasteiger partial charge is 0.343 e. The first-order valence-corrected chi connectivity index (χ1v) is 16.4. The monoisotopic (exact) mass is 615 g/mol. The average molecular weight is 616 g/mol. The van der Waals surface area contributed by atoms with E-state index in [-0.39, 0.29) is 0 Å². The molecule has 0 radical (unpaired) electrons. The third-order valence-corrected chi connectivity index (χ3v) is 9.76. The Labute approximate surface area is 277 Å². The third-order valence-electron chi connectivity index (χ3n) is 9.76. The van der Waals surface area contributed by atoms with E-state index in [9.17, 15) is 0 Å². The van der Waals surface area contributed by atoms with Gasteiger partial charge in [-0.15, -0.1) is 0 Å². The molecule has 4 nitrogen and oxygen atoms in total. The van der Waals surface area contributed by atoms with Crippen molar-refractivity contribution in [2.75, 3.05) is 0 Å². The standard InChI is InChI=1S/C43H43N4/c1-26-19-28(3)41(29(4)20-26)32-16-17-38-34(23-32)35-24-33(42-30(5)21-27(2)22-31(42)6)25-36(43(35)47(38)9)37-13-12-15-40(46(37)8)44-39-14-10-11-18-45(39)7/h10-25H,1-9H3/q+1. The predicted octanol–water partition coefficient (Wildman–Crippen LogP) is 9.58. The molecule has 0 aliphatic rings. The van der Waals surface area contributed by atoms with Crippen LogP contribution in [0.3, 0.4) is 0 Å². The van der Waals surface area contributed by atoms with E-state index in [1.54, 1.807) is 0 Å². The SMILES string of the molecule is Cc1cc(C)c(-c2ccc3c(c2)c2cc(-c4c(C)cc(C)cc4C)cc(-c4cccc(/N=c5/ccccn5C)[n+]4C)c2n3C)c(C)c1. The van der Waals surface area contributed by atoms with Crippen molar-refractivity contribution in [1.82, 2.24) is 9.13 Å². The summed E-state index contributed by atoms with van der Waals surface area (Å²) < 4.78 is 6.65. The van der Waals surface area contributed by atoms with Crippen LogP contribution in [0.1, 0.15) is 33.4 Å². The molecule has 0 fully saturated rings. The molecule has 0 spiro atoms. The zero-order valence-electron chi connectivity index (χ0n) is 29.0. The van der Waals surface area contributed by atoms with Gasteiger partial charge in [-0.05, 0) is 134 Å². The molecule has 4 aromatic carbocycles. The van der Waals surface area contributed by atoms with E-state index in [0.717, 1.165) is 17.0 Å². The number of aryl methyl sites for hydroxylation is 8. The number of rotatable bonds is 4. The van der Waals surface area contributed by atoms with Crippen molar-refractivity contribution >= 4 is 27.6 Å². The zero-order chi connectivity index (χ0) is 33.1. The van der Waals surface area contributed by atoms with E-state index < -0.39 is 0 Å². The van der Waals surface area contributed by atoms with Gasteiger partial charge in [0.15, 0.2) is 0 Å². The first-order valence-electron chi connectivity index (χ1n) is 16.4. The van der Waals surface area contributed by atoms with Gasteiger partial charge in [-0.25, -0.2) is 4.57 Å². The molecule has 0 aliphatic heterocycles. The summed E-state index contributed by atoms with van der Waals surface area (Å²) in [5.41, 5.74) is 18.6. The number of pyridine rings is 2. The van der Waals surface area contributed by atoms with Gasteiger partial charge in [-0.1, -0.05) is 47.5 Å². The van der Waals surface area contributed by atoms with Crippen LogP contribution in [0.15, 0.2) is 102 Å². The molecule has 0 amide bonds. The van der Waals surface area contributed by atoms with Crippen molar-refractivity contribution in [3.8, 4) is 33.5 Å². The number of fused-ring (bicyclic) bond motifs is 3. The van der Waals surface area contributed by atoms with E-state index in [0.29, 0.717) is 0 Å². The minimum absolute atomic E-state index is 0.900. The summed E-state index contributed by atoms with van der Waals surface area (Å²) in [7, 11) is 6.36. The maximum atomic E-state index is 5.08. The quantitative estimate of drug-likeness (QED) is 0.176. The van der Waals surface area contributed by atoms with Crippen LogP contribution in [0.2, 0.25) is 0 Å². The lowest BCUT2D eigenvalue weighted by atomic mass is 9.90. The van der Waals surface area contributed by atoms with Gasteiger partial charge in [0, 0.05) is 54.3 Å². The number of aromatic nitrogens is 3. The van der Waals surface area contributed by atoms with Crippen LogP contribution in [-0.4, -0.2) is 9.13 Å². The second kappa shape index (κ2) is 11.5. The fourth-order valence-electron chi connectivity index (χ4n) is 7.83. The smallest absolute Gasteiger partial charge is 0.325 e. The summed E-state index contributed by atoms with van der Waals surface area (Å²) in [6.45, 7) is 13.3. The highest BCUT2D eigenvalue weighted by molar-refractivity contribution is 6.15. The summed E-state index contributed by atoms with van der Waals surface area (Å²) in [5.74, 6) is 0.900. The highest BCUT2D eigenvalue weighted by Crippen LogP contribution is 2.42. The maximum Gasteiger partial charge on any atom is 0.325 e. The van der Waals surface area contributed by atoms with Gasteiger partial charge in [-0.2, -0.15) is 0 Å². The molecule has 4 heteroatoms. The lowest BCUT2D eigenvalue weighted by Gasteiger charge is -2.15. The Hall–Kier alpha value is -5.22. The molecule has 3 aromatic heterocycles. The lowest BCUT2D eigenvalue weighted by Crippen LogP contribution is -2.32. The number of hydrogen-bond donors (Lipinski definition) is 0. The number of benzene rings is 4. The molecule has 0 saturated heterocycles. The molecule has 3 heterocycles. The second-order valence-electron chi connectivity index (χ2n) is 13.4. The summed E-state index contributed by atoms with van der Waals surface area (Å²) in [6.07, 6.45) is 2.03. The molecular weight excluding hydrogens is 573 g/mol. The second-order valence-corrected chi connectivity index (χ2v) is 13.4. The first-order chi connectivity index (χ1) is 22.5. The van der Waals surface area contributed by atoms with Gasteiger partial charge in [0.05, 0.1) is 12.6 Å². The molecule has 0 bridgehead atoms. The third kappa shape index (κ3) is 5.18. The molecule has 0 unspecified atom stereocenters. The average Bonchev–Trinajstić information content (AvgIpc) is 3.29. The highest BCUT2D eigenvalue weighted by Gasteiger charge is 2.22. The fraction of sp³-hybridized carbons (Fsp3) is 0.209. The van der Waals surface area contributed by atoms with Crippen molar-refractivity contribution in [3.05, 3.63) is 136 Å². The number of nitrogens with zero attached hydrogens (tertiary/aromatic N) is 4. The van der Waals surface area contributed by atoms with Crippen molar-refractivity contribution < 1.29 is 4.57 Å². The zero-order valence-corrected chi connectivity index (χ0v) is 29.0. The van der Waals surface area contributed by atoms with Crippen LogP contribution < -0.4 is 10.1 Å². The Balaban J connectivity index is 1.57. The molecule has 0 N–H and O–H groups in total. The topological polar surface area (TPSA) is 26.1 Å². The summed E-state index contributed by atoms with van der Waals surface area (Å²) in [6, 6.07) is 33.6. The van der Waals surface area contributed by atoms with Crippen LogP contribution >= 0.6 is 0 Å². The van der Waals surface area contributed by atoms with Crippen LogP contribution in [0.5, 0.6) is 0 Å². The molecule has 7 rings (SSSR count). The Morgan fingerprint density at radius 2 is 1.21 bits per heavy atom. The van der Waals surface area contributed by atoms with E-state index in [1.165, 1.54) is 83.0 Å². The van der Waals surface area contributed by atoms with Gasteiger partial charge in [-0.3, -0.25) is 0 Å². The molecule has 0 aliphatic carbocycles. The normalized spacial score (nSPS) is 12.1. The minimum atomic E-state index is 0.900. The van der Waals surface area contributed by atoms with Gasteiger partial charge < -0.3 is 9.13 Å².